The molecule has 0 N–H and O–H groups in total. The van der Waals surface area contributed by atoms with Gasteiger partial charge in [0.2, 0.25) is 0 Å². The Hall–Kier alpha value is -1.33. The molecule has 0 spiro atoms. The van der Waals surface area contributed by atoms with Gasteiger partial charge in [0.05, 0.1) is 6.04 Å². The molecule has 2 heterocycles. The molecule has 1 unspecified atom stereocenters. The van der Waals surface area contributed by atoms with Crippen LogP contribution in [0.15, 0.2) is 29.8 Å². The number of likely N-dealkylation sites (tertiary alicyclic amines) is 1. The Balaban J connectivity index is 1.82. The van der Waals surface area contributed by atoms with E-state index in [0.29, 0.717) is 5.76 Å². The molecule has 23 heavy (non-hydrogen) atoms. The van der Waals surface area contributed by atoms with Crippen LogP contribution in [0.1, 0.15) is 43.2 Å². The molecule has 0 bridgehead atoms. The highest BCUT2D eigenvalue weighted by molar-refractivity contribution is 7.87. The van der Waals surface area contributed by atoms with Gasteiger partial charge in [0.1, 0.15) is 5.75 Å². The normalized spacial score (nSPS) is 27.6. The topological polar surface area (TPSA) is 46.6 Å². The summed E-state index contributed by atoms with van der Waals surface area (Å²) in [7, 11) is -3.51. The zero-order valence-electron chi connectivity index (χ0n) is 13.3. The Bertz CT molecular complexity index is 732. The van der Waals surface area contributed by atoms with E-state index in [9.17, 15) is 8.42 Å². The van der Waals surface area contributed by atoms with Crippen molar-refractivity contribution in [1.29, 1.82) is 0 Å². The molecule has 1 aliphatic carbocycles. The highest BCUT2D eigenvalue weighted by Gasteiger charge is 2.38. The fourth-order valence-electron chi connectivity index (χ4n) is 4.14. The summed E-state index contributed by atoms with van der Waals surface area (Å²) in [6.07, 6.45) is 6.55. The third-order valence-electron chi connectivity index (χ3n) is 5.25. The molecule has 1 atom stereocenters. The van der Waals surface area contributed by atoms with Crippen molar-refractivity contribution in [2.75, 3.05) is 18.8 Å². The largest absolute Gasteiger partial charge is 0.382 e. The van der Waals surface area contributed by atoms with Crippen molar-refractivity contribution in [3.8, 4) is 0 Å². The van der Waals surface area contributed by atoms with Gasteiger partial charge in [-0.05, 0) is 56.3 Å². The molecule has 0 aromatic heterocycles. The summed E-state index contributed by atoms with van der Waals surface area (Å²) in [6.45, 7) is 2.00. The monoisotopic (exact) mass is 333 g/mol. The number of piperidine rings is 1. The van der Waals surface area contributed by atoms with E-state index in [2.05, 4.69) is 11.0 Å². The van der Waals surface area contributed by atoms with E-state index in [1.165, 1.54) is 17.6 Å². The van der Waals surface area contributed by atoms with Crippen LogP contribution in [0.5, 0.6) is 0 Å². The highest BCUT2D eigenvalue weighted by atomic mass is 32.2. The summed E-state index contributed by atoms with van der Waals surface area (Å²) in [6, 6.07) is 8.07. The Morgan fingerprint density at radius 2 is 1.78 bits per heavy atom. The minimum Gasteiger partial charge on any atom is -0.382 e. The predicted molar refractivity (Wildman–Crippen MR) is 90.4 cm³/mol. The molecule has 1 saturated heterocycles. The molecule has 4 rings (SSSR count). The summed E-state index contributed by atoms with van der Waals surface area (Å²) < 4.78 is 30.3. The standard InChI is InChI=1S/C18H23NO3S/c20-23(21)13-17(19-11-4-1-5-12-19)16-10-6-8-14-7-2-3-9-15(14)18(16)22-23/h2-3,7,9,17H,1,4-6,8,10-13H2. The number of benzene rings is 1. The molecule has 2 aliphatic heterocycles. The van der Waals surface area contributed by atoms with Crippen LogP contribution in [0.3, 0.4) is 0 Å². The van der Waals surface area contributed by atoms with Gasteiger partial charge in [0, 0.05) is 5.56 Å². The molecule has 0 radical (unpaired) electrons. The molecule has 0 amide bonds. The first-order chi connectivity index (χ1) is 11.1. The van der Waals surface area contributed by atoms with Crippen molar-refractivity contribution in [3.63, 3.8) is 0 Å². The van der Waals surface area contributed by atoms with Crippen molar-refractivity contribution >= 4 is 15.9 Å². The fourth-order valence-corrected chi connectivity index (χ4v) is 5.46. The van der Waals surface area contributed by atoms with E-state index in [1.54, 1.807) is 0 Å². The van der Waals surface area contributed by atoms with Crippen LogP contribution in [-0.2, 0) is 20.7 Å². The maximum absolute atomic E-state index is 12.4. The van der Waals surface area contributed by atoms with Gasteiger partial charge in [0.25, 0.3) is 0 Å². The lowest BCUT2D eigenvalue weighted by molar-refractivity contribution is 0.187. The quantitative estimate of drug-likeness (QED) is 0.741. The molecule has 1 aromatic carbocycles. The summed E-state index contributed by atoms with van der Waals surface area (Å²) >= 11 is 0. The number of aryl methyl sites for hydroxylation is 1. The lowest BCUT2D eigenvalue weighted by Gasteiger charge is -2.38. The van der Waals surface area contributed by atoms with Gasteiger partial charge in [-0.25, -0.2) is 0 Å². The number of hydrogen-bond acceptors (Lipinski definition) is 4. The van der Waals surface area contributed by atoms with Crippen LogP contribution in [0, 0.1) is 0 Å². The lowest BCUT2D eigenvalue weighted by Crippen LogP contribution is -2.46. The van der Waals surface area contributed by atoms with Crippen molar-refractivity contribution in [1.82, 2.24) is 4.90 Å². The van der Waals surface area contributed by atoms with E-state index in [0.717, 1.165) is 50.8 Å². The Labute approximate surface area is 138 Å². The first-order valence-corrected chi connectivity index (χ1v) is 10.2. The Morgan fingerprint density at radius 1 is 1.00 bits per heavy atom. The fraction of sp³-hybridized carbons (Fsp3) is 0.556. The van der Waals surface area contributed by atoms with Crippen molar-refractivity contribution < 1.29 is 12.6 Å². The summed E-state index contributed by atoms with van der Waals surface area (Å²) in [5.74, 6) is 0.730. The Morgan fingerprint density at radius 3 is 2.61 bits per heavy atom. The third kappa shape index (κ3) is 2.92. The van der Waals surface area contributed by atoms with Gasteiger partial charge < -0.3 is 4.18 Å². The van der Waals surface area contributed by atoms with Gasteiger partial charge in [-0.15, -0.1) is 0 Å². The average molecular weight is 333 g/mol. The second kappa shape index (κ2) is 5.95. The summed E-state index contributed by atoms with van der Waals surface area (Å²) in [5, 5.41) is 0. The Kier molecular flexibility index (Phi) is 3.93. The SMILES string of the molecule is O=S1(=O)CC(N2CCCCC2)C2=C(O1)c1ccccc1CCC2. The summed E-state index contributed by atoms with van der Waals surface area (Å²) in [4.78, 5) is 2.37. The molecule has 3 aliphatic rings. The van der Waals surface area contributed by atoms with Crippen LogP contribution in [-0.4, -0.2) is 38.2 Å². The van der Waals surface area contributed by atoms with Crippen LogP contribution in [0.2, 0.25) is 0 Å². The second-order valence-corrected chi connectivity index (χ2v) is 8.40. The lowest BCUT2D eigenvalue weighted by atomic mass is 9.97. The highest BCUT2D eigenvalue weighted by Crippen LogP contribution is 2.39. The van der Waals surface area contributed by atoms with Gasteiger partial charge in [-0.1, -0.05) is 30.7 Å². The van der Waals surface area contributed by atoms with Crippen LogP contribution in [0.25, 0.3) is 5.76 Å². The number of fused-ring (bicyclic) bond motifs is 2. The first-order valence-electron chi connectivity index (χ1n) is 8.61. The average Bonchev–Trinajstić information content (AvgIpc) is 2.74. The number of rotatable bonds is 1. The molecule has 4 nitrogen and oxygen atoms in total. The molecule has 1 fully saturated rings. The first kappa shape index (κ1) is 15.2. The van der Waals surface area contributed by atoms with E-state index in [-0.39, 0.29) is 11.8 Å². The molecule has 0 saturated carbocycles. The van der Waals surface area contributed by atoms with E-state index in [4.69, 9.17) is 4.18 Å². The van der Waals surface area contributed by atoms with E-state index < -0.39 is 10.1 Å². The van der Waals surface area contributed by atoms with Crippen molar-refractivity contribution in [3.05, 3.63) is 41.0 Å². The second-order valence-electron chi connectivity index (χ2n) is 6.79. The van der Waals surface area contributed by atoms with E-state index in [1.807, 2.05) is 18.2 Å². The summed E-state index contributed by atoms with van der Waals surface area (Å²) in [5.41, 5.74) is 3.38. The molecule has 1 aromatic rings. The number of nitrogens with zero attached hydrogens (tertiary/aromatic N) is 1. The van der Waals surface area contributed by atoms with Crippen LogP contribution < -0.4 is 0 Å². The third-order valence-corrected chi connectivity index (χ3v) is 6.40. The molecular formula is C18H23NO3S. The van der Waals surface area contributed by atoms with Gasteiger partial charge in [-0.2, -0.15) is 8.42 Å². The zero-order chi connectivity index (χ0) is 15.9. The molecule has 5 heteroatoms. The zero-order valence-corrected chi connectivity index (χ0v) is 14.1. The molecule has 124 valence electrons. The van der Waals surface area contributed by atoms with Crippen LogP contribution >= 0.6 is 0 Å². The van der Waals surface area contributed by atoms with Crippen molar-refractivity contribution in [2.45, 2.75) is 44.6 Å². The van der Waals surface area contributed by atoms with Gasteiger partial charge >= 0.3 is 10.1 Å². The van der Waals surface area contributed by atoms with E-state index >= 15 is 0 Å². The van der Waals surface area contributed by atoms with Crippen LogP contribution in [0.4, 0.5) is 0 Å². The van der Waals surface area contributed by atoms with Crippen molar-refractivity contribution in [2.24, 2.45) is 0 Å². The maximum atomic E-state index is 12.4. The predicted octanol–water partition coefficient (Wildman–Crippen LogP) is 2.95. The smallest absolute Gasteiger partial charge is 0.311 e. The van der Waals surface area contributed by atoms with Gasteiger partial charge in [0.15, 0.2) is 5.76 Å². The maximum Gasteiger partial charge on any atom is 0.311 e. The van der Waals surface area contributed by atoms with Gasteiger partial charge in [-0.3, -0.25) is 4.90 Å². The number of hydrogen-bond donors (Lipinski definition) is 0. The molecular weight excluding hydrogens is 310 g/mol. The minimum atomic E-state index is -3.51. The minimum absolute atomic E-state index is 0.00444.